The van der Waals surface area contributed by atoms with E-state index in [1.807, 2.05) is 18.2 Å². The third-order valence-corrected chi connectivity index (χ3v) is 5.51. The number of ketones is 1. The molecule has 2 rings (SSSR count). The van der Waals surface area contributed by atoms with Crippen LogP contribution in [0, 0.1) is 5.41 Å². The Labute approximate surface area is 201 Å². The summed E-state index contributed by atoms with van der Waals surface area (Å²) in [6.45, 7) is 5.95. The van der Waals surface area contributed by atoms with Gasteiger partial charge in [0.15, 0.2) is 5.78 Å². The van der Waals surface area contributed by atoms with Crippen molar-refractivity contribution >= 4 is 39.4 Å². The molecule has 2 aromatic rings. The van der Waals surface area contributed by atoms with Crippen molar-refractivity contribution in [3.05, 3.63) is 63.4 Å². The van der Waals surface area contributed by atoms with Crippen LogP contribution >= 0.6 is 15.9 Å². The van der Waals surface area contributed by atoms with Crippen molar-refractivity contribution in [2.45, 2.75) is 51.4 Å². The number of carbonyl (C=O) groups excluding carboxylic acids is 2. The van der Waals surface area contributed by atoms with E-state index in [4.69, 9.17) is 11.1 Å². The largest absolute Gasteiger partial charge is 0.481 e. The number of carboxylic acids is 1. The number of carbonyl (C=O) groups is 3. The molecule has 33 heavy (non-hydrogen) atoms. The average Bonchev–Trinajstić information content (AvgIpc) is 2.69. The second-order valence-electron chi connectivity index (χ2n) is 9.03. The first kappa shape index (κ1) is 26.2. The number of amidine groups is 1. The normalized spacial score (nSPS) is 12.1. The SMILES string of the molecule is CC(C)(C)c1cc(Br)cc([C@H](CC(=O)O)CC(=O)CNC(=O)c2cncc(CC(=N)N)c2)c1. The van der Waals surface area contributed by atoms with Crippen LogP contribution in [0.2, 0.25) is 0 Å². The van der Waals surface area contributed by atoms with Crippen LogP contribution in [-0.2, 0) is 21.4 Å². The third kappa shape index (κ3) is 8.42. The summed E-state index contributed by atoms with van der Waals surface area (Å²) < 4.78 is 0.819. The molecule has 0 saturated heterocycles. The van der Waals surface area contributed by atoms with Crippen LogP contribution < -0.4 is 11.1 Å². The highest BCUT2D eigenvalue weighted by molar-refractivity contribution is 9.10. The molecule has 0 aliphatic rings. The molecule has 1 heterocycles. The number of benzene rings is 1. The number of aliphatic carboxylic acids is 1. The number of halogens is 1. The number of amides is 1. The summed E-state index contributed by atoms with van der Waals surface area (Å²) in [5.74, 6) is -2.32. The molecular formula is C24H29BrN4O4. The van der Waals surface area contributed by atoms with E-state index in [0.29, 0.717) is 5.56 Å². The van der Waals surface area contributed by atoms with E-state index in [-0.39, 0.29) is 48.4 Å². The molecule has 0 saturated carbocycles. The van der Waals surface area contributed by atoms with Gasteiger partial charge in [-0.1, -0.05) is 42.8 Å². The van der Waals surface area contributed by atoms with E-state index in [1.54, 1.807) is 6.07 Å². The molecule has 1 aromatic heterocycles. The van der Waals surface area contributed by atoms with Gasteiger partial charge in [0.05, 0.1) is 24.4 Å². The van der Waals surface area contributed by atoms with E-state index < -0.39 is 17.8 Å². The zero-order valence-electron chi connectivity index (χ0n) is 18.9. The molecule has 1 atom stereocenters. The first-order chi connectivity index (χ1) is 15.3. The number of Topliss-reactive ketones (excluding diaryl/α,β-unsaturated/α-hetero) is 1. The van der Waals surface area contributed by atoms with Crippen LogP contribution in [0.4, 0.5) is 0 Å². The van der Waals surface area contributed by atoms with Crippen molar-refractivity contribution in [1.29, 1.82) is 5.41 Å². The molecular weight excluding hydrogens is 488 g/mol. The van der Waals surface area contributed by atoms with Crippen molar-refractivity contribution in [2.24, 2.45) is 5.73 Å². The van der Waals surface area contributed by atoms with Gasteiger partial charge in [0.25, 0.3) is 5.91 Å². The lowest BCUT2D eigenvalue weighted by Crippen LogP contribution is -2.30. The van der Waals surface area contributed by atoms with E-state index in [0.717, 1.165) is 15.6 Å². The fourth-order valence-corrected chi connectivity index (χ4v) is 3.87. The highest BCUT2D eigenvalue weighted by atomic mass is 79.9. The highest BCUT2D eigenvalue weighted by Gasteiger charge is 2.23. The van der Waals surface area contributed by atoms with Gasteiger partial charge in [-0.2, -0.15) is 0 Å². The molecule has 0 radical (unpaired) electrons. The Morgan fingerprint density at radius 2 is 1.85 bits per heavy atom. The first-order valence-electron chi connectivity index (χ1n) is 10.4. The number of aromatic nitrogens is 1. The van der Waals surface area contributed by atoms with Crippen molar-refractivity contribution in [3.63, 3.8) is 0 Å². The smallest absolute Gasteiger partial charge is 0.303 e. The van der Waals surface area contributed by atoms with Crippen LogP contribution in [0.5, 0.6) is 0 Å². The number of nitrogens with one attached hydrogen (secondary N) is 2. The van der Waals surface area contributed by atoms with Gasteiger partial charge in [0.1, 0.15) is 0 Å². The molecule has 5 N–H and O–H groups in total. The fourth-order valence-electron chi connectivity index (χ4n) is 3.36. The number of nitrogens with zero attached hydrogens (tertiary/aromatic N) is 1. The molecule has 1 amide bonds. The Morgan fingerprint density at radius 1 is 1.15 bits per heavy atom. The van der Waals surface area contributed by atoms with Gasteiger partial charge in [0.2, 0.25) is 0 Å². The van der Waals surface area contributed by atoms with Crippen LogP contribution in [0.25, 0.3) is 0 Å². The molecule has 0 fully saturated rings. The van der Waals surface area contributed by atoms with Crippen molar-refractivity contribution in [2.75, 3.05) is 6.54 Å². The van der Waals surface area contributed by atoms with Gasteiger partial charge in [-0.25, -0.2) is 0 Å². The Kier molecular flexibility index (Phi) is 8.87. The first-order valence-corrected chi connectivity index (χ1v) is 11.2. The van der Waals surface area contributed by atoms with Gasteiger partial charge in [0, 0.05) is 35.6 Å². The van der Waals surface area contributed by atoms with E-state index >= 15 is 0 Å². The van der Waals surface area contributed by atoms with Crippen LogP contribution in [0.3, 0.4) is 0 Å². The van der Waals surface area contributed by atoms with E-state index in [9.17, 15) is 19.5 Å². The average molecular weight is 517 g/mol. The number of nitrogens with two attached hydrogens (primary N) is 1. The zero-order valence-corrected chi connectivity index (χ0v) is 20.5. The molecule has 0 bridgehead atoms. The summed E-state index contributed by atoms with van der Waals surface area (Å²) in [4.78, 5) is 40.5. The summed E-state index contributed by atoms with van der Waals surface area (Å²) in [5.41, 5.74) is 7.91. The number of hydrogen-bond acceptors (Lipinski definition) is 5. The van der Waals surface area contributed by atoms with Crippen LogP contribution in [-0.4, -0.2) is 40.1 Å². The Bertz CT molecular complexity index is 1060. The molecule has 176 valence electrons. The number of hydrogen-bond donors (Lipinski definition) is 4. The van der Waals surface area contributed by atoms with Gasteiger partial charge in [-0.05, 0) is 40.3 Å². The topological polar surface area (TPSA) is 146 Å². The maximum atomic E-state index is 12.6. The minimum absolute atomic E-state index is 0.0186. The Hall–Kier alpha value is -3.07. The number of rotatable bonds is 10. The predicted molar refractivity (Wildman–Crippen MR) is 130 cm³/mol. The van der Waals surface area contributed by atoms with Crippen molar-refractivity contribution in [3.8, 4) is 0 Å². The molecule has 0 aliphatic heterocycles. The molecule has 0 spiro atoms. The highest BCUT2D eigenvalue weighted by Crippen LogP contribution is 2.32. The minimum Gasteiger partial charge on any atom is -0.481 e. The summed E-state index contributed by atoms with van der Waals surface area (Å²) in [7, 11) is 0. The third-order valence-electron chi connectivity index (χ3n) is 5.05. The van der Waals surface area contributed by atoms with Gasteiger partial charge in [-0.15, -0.1) is 0 Å². The summed E-state index contributed by atoms with van der Waals surface area (Å²) in [6.07, 6.45) is 2.84. The van der Waals surface area contributed by atoms with Gasteiger partial charge < -0.3 is 16.2 Å². The fraction of sp³-hybridized carbons (Fsp3) is 0.375. The number of pyridine rings is 1. The maximum absolute atomic E-state index is 12.6. The quantitative estimate of drug-likeness (QED) is 0.280. The lowest BCUT2D eigenvalue weighted by atomic mass is 9.83. The molecule has 9 heteroatoms. The second-order valence-corrected chi connectivity index (χ2v) is 9.94. The Morgan fingerprint density at radius 3 is 2.45 bits per heavy atom. The molecule has 1 aromatic carbocycles. The second kappa shape index (κ2) is 11.2. The lowest BCUT2D eigenvalue weighted by Gasteiger charge is -2.23. The molecule has 0 aliphatic carbocycles. The summed E-state index contributed by atoms with van der Waals surface area (Å²) in [6, 6.07) is 7.33. The van der Waals surface area contributed by atoms with Crippen LogP contribution in [0.1, 0.15) is 66.6 Å². The standard InChI is InChI=1S/C24H29BrN4O4/c1-24(2,3)18-6-15(7-19(25)10-18)16(9-22(31)32)8-20(30)13-29-23(33)17-4-14(5-21(26)27)11-28-12-17/h4,6-7,10-12,16H,5,8-9,13H2,1-3H3,(H3,26,27)(H,29,33)(H,31,32)/t16-/m0/s1. The van der Waals surface area contributed by atoms with Crippen molar-refractivity contribution < 1.29 is 19.5 Å². The van der Waals surface area contributed by atoms with Crippen molar-refractivity contribution in [1.82, 2.24) is 10.3 Å². The predicted octanol–water partition coefficient (Wildman–Crippen LogP) is 3.57. The number of carboxylic acid groups (broad SMARTS) is 1. The summed E-state index contributed by atoms with van der Waals surface area (Å²) in [5, 5.41) is 19.3. The van der Waals surface area contributed by atoms with E-state index in [1.165, 1.54) is 12.4 Å². The van der Waals surface area contributed by atoms with E-state index in [2.05, 4.69) is 47.0 Å². The zero-order chi connectivity index (χ0) is 24.8. The minimum atomic E-state index is -0.998. The van der Waals surface area contributed by atoms with Gasteiger partial charge >= 0.3 is 5.97 Å². The lowest BCUT2D eigenvalue weighted by molar-refractivity contribution is -0.137. The van der Waals surface area contributed by atoms with Gasteiger partial charge in [-0.3, -0.25) is 24.8 Å². The monoisotopic (exact) mass is 516 g/mol. The molecule has 0 unspecified atom stereocenters. The Balaban J connectivity index is 2.11. The summed E-state index contributed by atoms with van der Waals surface area (Å²) >= 11 is 3.49. The molecule has 8 nitrogen and oxygen atoms in total. The maximum Gasteiger partial charge on any atom is 0.303 e. The van der Waals surface area contributed by atoms with Crippen LogP contribution in [0.15, 0.2) is 41.1 Å².